The van der Waals surface area contributed by atoms with Crippen molar-refractivity contribution in [3.05, 3.63) is 66.0 Å². The average Bonchev–Trinajstić information content (AvgIpc) is 2.66. The van der Waals surface area contributed by atoms with Gasteiger partial charge in [0, 0.05) is 18.3 Å². The van der Waals surface area contributed by atoms with E-state index in [2.05, 4.69) is 15.4 Å². The lowest BCUT2D eigenvalue weighted by atomic mass is 10.2. The van der Waals surface area contributed by atoms with Gasteiger partial charge in [-0.05, 0) is 66.7 Å². The molecule has 0 bridgehead atoms. The predicted octanol–water partition coefficient (Wildman–Crippen LogP) is 3.04. The third-order valence-corrected chi connectivity index (χ3v) is 5.18. The molecule has 9 heteroatoms. The van der Waals surface area contributed by atoms with E-state index in [0.717, 1.165) is 0 Å². The van der Waals surface area contributed by atoms with E-state index >= 15 is 0 Å². The van der Waals surface area contributed by atoms with Crippen molar-refractivity contribution in [3.63, 3.8) is 0 Å². The van der Waals surface area contributed by atoms with E-state index < -0.39 is 15.9 Å². The first-order valence-corrected chi connectivity index (χ1v) is 10.3. The van der Waals surface area contributed by atoms with Crippen molar-refractivity contribution in [2.24, 2.45) is 0 Å². The molecule has 0 saturated carbocycles. The largest absolute Gasteiger partial charge is 0.332 e. The second kappa shape index (κ2) is 10.1. The maximum atomic E-state index is 12.8. The SMILES string of the molecule is CCCNS(=O)(=O)c1ccc(NC(=S)NC(=O)/C=C/c2ccc(F)cc2)cc1. The lowest BCUT2D eigenvalue weighted by Crippen LogP contribution is -2.32. The van der Waals surface area contributed by atoms with Crippen LogP contribution in [-0.2, 0) is 14.8 Å². The third-order valence-electron chi connectivity index (χ3n) is 3.50. The van der Waals surface area contributed by atoms with Crippen molar-refractivity contribution >= 4 is 45.0 Å². The Kier molecular flexibility index (Phi) is 7.80. The highest BCUT2D eigenvalue weighted by Crippen LogP contribution is 2.14. The van der Waals surface area contributed by atoms with Crippen LogP contribution in [0.2, 0.25) is 0 Å². The molecule has 0 aliphatic heterocycles. The summed E-state index contributed by atoms with van der Waals surface area (Å²) < 4.78 is 39.4. The van der Waals surface area contributed by atoms with Gasteiger partial charge in [-0.25, -0.2) is 17.5 Å². The van der Waals surface area contributed by atoms with E-state index in [1.165, 1.54) is 36.4 Å². The number of amides is 1. The van der Waals surface area contributed by atoms with Crippen molar-refractivity contribution in [3.8, 4) is 0 Å². The smallest absolute Gasteiger partial charge is 0.250 e. The number of halogens is 1. The number of anilines is 1. The van der Waals surface area contributed by atoms with Crippen LogP contribution in [0.25, 0.3) is 6.08 Å². The standard InChI is InChI=1S/C19H20FN3O3S2/c1-2-13-21-28(25,26)17-10-8-16(9-11-17)22-19(27)23-18(24)12-5-14-3-6-15(20)7-4-14/h3-12,21H,2,13H2,1H3,(H2,22,23,24,27)/b12-5+. The quantitative estimate of drug-likeness (QED) is 0.473. The van der Waals surface area contributed by atoms with E-state index in [1.807, 2.05) is 6.92 Å². The summed E-state index contributed by atoms with van der Waals surface area (Å²) in [5.41, 5.74) is 1.20. The number of hydrogen-bond acceptors (Lipinski definition) is 4. The summed E-state index contributed by atoms with van der Waals surface area (Å²) in [7, 11) is -3.54. The molecule has 0 unspecified atom stereocenters. The first-order chi connectivity index (χ1) is 13.3. The molecule has 0 aromatic heterocycles. The molecule has 0 aliphatic rings. The molecule has 0 radical (unpaired) electrons. The Bertz CT molecular complexity index is 957. The molecule has 0 fully saturated rings. The summed E-state index contributed by atoms with van der Waals surface area (Å²) in [6.07, 6.45) is 3.50. The Labute approximate surface area is 168 Å². The lowest BCUT2D eigenvalue weighted by molar-refractivity contribution is -0.115. The average molecular weight is 422 g/mol. The Morgan fingerprint density at radius 1 is 1.11 bits per heavy atom. The molecule has 2 rings (SSSR count). The first-order valence-electron chi connectivity index (χ1n) is 8.45. The van der Waals surface area contributed by atoms with Gasteiger partial charge >= 0.3 is 0 Å². The summed E-state index contributed by atoms with van der Waals surface area (Å²) in [4.78, 5) is 12.0. The molecule has 2 aromatic rings. The molecule has 148 valence electrons. The topological polar surface area (TPSA) is 87.3 Å². The molecule has 2 aromatic carbocycles. The summed E-state index contributed by atoms with van der Waals surface area (Å²) in [6.45, 7) is 2.24. The van der Waals surface area contributed by atoms with Crippen LogP contribution in [0.5, 0.6) is 0 Å². The van der Waals surface area contributed by atoms with Crippen LogP contribution in [0, 0.1) is 5.82 Å². The van der Waals surface area contributed by atoms with Crippen LogP contribution in [-0.4, -0.2) is 26.0 Å². The zero-order chi connectivity index (χ0) is 20.6. The second-order valence-corrected chi connectivity index (χ2v) is 7.93. The number of rotatable bonds is 7. The van der Waals surface area contributed by atoms with Crippen molar-refractivity contribution in [1.29, 1.82) is 0 Å². The Balaban J connectivity index is 1.90. The fraction of sp³-hybridized carbons (Fsp3) is 0.158. The van der Waals surface area contributed by atoms with Crippen molar-refractivity contribution in [2.75, 3.05) is 11.9 Å². The molecule has 0 atom stereocenters. The highest BCUT2D eigenvalue weighted by Gasteiger charge is 2.12. The summed E-state index contributed by atoms with van der Waals surface area (Å²) in [5.74, 6) is -0.809. The van der Waals surface area contributed by atoms with Gasteiger partial charge in [-0.3, -0.25) is 10.1 Å². The van der Waals surface area contributed by atoms with Gasteiger partial charge in [0.2, 0.25) is 15.9 Å². The molecule has 0 aliphatic carbocycles. The lowest BCUT2D eigenvalue weighted by Gasteiger charge is -2.10. The normalized spacial score (nSPS) is 11.4. The second-order valence-electron chi connectivity index (χ2n) is 5.75. The van der Waals surface area contributed by atoms with Crippen molar-refractivity contribution < 1.29 is 17.6 Å². The monoisotopic (exact) mass is 421 g/mol. The molecule has 0 saturated heterocycles. The minimum Gasteiger partial charge on any atom is -0.332 e. The Morgan fingerprint density at radius 3 is 2.36 bits per heavy atom. The maximum Gasteiger partial charge on any atom is 0.250 e. The van der Waals surface area contributed by atoms with Gasteiger partial charge in [0.05, 0.1) is 4.90 Å². The number of nitrogens with one attached hydrogen (secondary N) is 3. The van der Waals surface area contributed by atoms with E-state index in [1.54, 1.807) is 24.3 Å². The predicted molar refractivity (Wildman–Crippen MR) is 112 cm³/mol. The van der Waals surface area contributed by atoms with E-state index in [0.29, 0.717) is 24.2 Å². The molecule has 1 amide bonds. The fourth-order valence-corrected chi connectivity index (χ4v) is 3.45. The number of benzene rings is 2. The van der Waals surface area contributed by atoms with Gasteiger partial charge < -0.3 is 5.32 Å². The Morgan fingerprint density at radius 2 is 1.75 bits per heavy atom. The van der Waals surface area contributed by atoms with E-state index in [-0.39, 0.29) is 15.8 Å². The van der Waals surface area contributed by atoms with E-state index in [9.17, 15) is 17.6 Å². The number of carbonyl (C=O) groups excluding carboxylic acids is 1. The molecular weight excluding hydrogens is 401 g/mol. The zero-order valence-electron chi connectivity index (χ0n) is 15.1. The van der Waals surface area contributed by atoms with Crippen LogP contribution in [0.4, 0.5) is 10.1 Å². The molecule has 0 heterocycles. The van der Waals surface area contributed by atoms with Crippen LogP contribution in [0.3, 0.4) is 0 Å². The first kappa shape index (κ1) is 21.7. The highest BCUT2D eigenvalue weighted by atomic mass is 32.2. The summed E-state index contributed by atoms with van der Waals surface area (Å²) in [6, 6.07) is 11.7. The van der Waals surface area contributed by atoms with Gasteiger partial charge in [0.1, 0.15) is 5.82 Å². The minimum atomic E-state index is -3.54. The van der Waals surface area contributed by atoms with Gasteiger partial charge in [0.25, 0.3) is 0 Å². The van der Waals surface area contributed by atoms with Crippen LogP contribution >= 0.6 is 12.2 Å². The number of thiocarbonyl (C=S) groups is 1. The number of carbonyl (C=O) groups is 1. The van der Waals surface area contributed by atoms with Crippen LogP contribution < -0.4 is 15.4 Å². The van der Waals surface area contributed by atoms with Crippen LogP contribution in [0.1, 0.15) is 18.9 Å². The third kappa shape index (κ3) is 6.84. The van der Waals surface area contributed by atoms with E-state index in [4.69, 9.17) is 12.2 Å². The van der Waals surface area contributed by atoms with Gasteiger partial charge in [-0.1, -0.05) is 19.1 Å². The molecular formula is C19H20FN3O3S2. The van der Waals surface area contributed by atoms with Gasteiger partial charge in [-0.2, -0.15) is 0 Å². The van der Waals surface area contributed by atoms with Crippen molar-refractivity contribution in [1.82, 2.24) is 10.0 Å². The minimum absolute atomic E-state index is 0.0634. The number of sulfonamides is 1. The number of hydrogen-bond donors (Lipinski definition) is 3. The van der Waals surface area contributed by atoms with Crippen LogP contribution in [0.15, 0.2) is 59.5 Å². The summed E-state index contributed by atoms with van der Waals surface area (Å²) in [5, 5.41) is 5.34. The molecule has 0 spiro atoms. The molecule has 28 heavy (non-hydrogen) atoms. The molecule has 6 nitrogen and oxygen atoms in total. The summed E-state index contributed by atoms with van der Waals surface area (Å²) >= 11 is 5.07. The zero-order valence-corrected chi connectivity index (χ0v) is 16.7. The van der Waals surface area contributed by atoms with Gasteiger partial charge in [0.15, 0.2) is 5.11 Å². The maximum absolute atomic E-state index is 12.8. The highest BCUT2D eigenvalue weighted by molar-refractivity contribution is 7.89. The van der Waals surface area contributed by atoms with Gasteiger partial charge in [-0.15, -0.1) is 0 Å². The fourth-order valence-electron chi connectivity index (χ4n) is 2.10. The Hall–Kier alpha value is -2.62. The molecule has 3 N–H and O–H groups in total. The van der Waals surface area contributed by atoms with Crippen molar-refractivity contribution in [2.45, 2.75) is 18.2 Å².